The molecule has 11 nitrogen and oxygen atoms in total. The first-order chi connectivity index (χ1) is 16.1. The largest absolute Gasteiger partial charge is 0.370 e. The molecule has 0 aliphatic heterocycles. The summed E-state index contributed by atoms with van der Waals surface area (Å²) in [7, 11) is -3.92. The van der Waals surface area contributed by atoms with Crippen LogP contribution in [-0.4, -0.2) is 43.8 Å². The van der Waals surface area contributed by atoms with Crippen LogP contribution in [-0.2, 0) is 31.8 Å². The van der Waals surface area contributed by atoms with Crippen LogP contribution in [0.5, 0.6) is 0 Å². The molecule has 34 heavy (non-hydrogen) atoms. The third kappa shape index (κ3) is 7.17. The lowest BCUT2D eigenvalue weighted by Crippen LogP contribution is -2.53. The molecule has 0 radical (unpaired) electrons. The van der Waals surface area contributed by atoms with Crippen molar-refractivity contribution in [3.63, 3.8) is 0 Å². The highest BCUT2D eigenvalue weighted by Gasteiger charge is 2.26. The van der Waals surface area contributed by atoms with Gasteiger partial charge >= 0.3 is 0 Å². The number of benzene rings is 1. The van der Waals surface area contributed by atoms with Gasteiger partial charge < -0.3 is 16.3 Å². The van der Waals surface area contributed by atoms with Gasteiger partial charge in [0.05, 0.1) is 5.75 Å². The summed E-state index contributed by atoms with van der Waals surface area (Å²) in [4.78, 5) is 41.6. The molecule has 12 heteroatoms. The fourth-order valence-corrected chi connectivity index (χ4v) is 4.62. The second kappa shape index (κ2) is 12.0. The van der Waals surface area contributed by atoms with Gasteiger partial charge in [0.15, 0.2) is 5.96 Å². The maximum absolute atomic E-state index is 13.3. The molecule has 0 unspecified atom stereocenters. The summed E-state index contributed by atoms with van der Waals surface area (Å²) in [5, 5.41) is 1.04. The minimum atomic E-state index is -3.92. The minimum Gasteiger partial charge on any atom is -0.370 e. The Morgan fingerprint density at radius 3 is 2.44 bits per heavy atom. The Hall–Kier alpha value is -3.67. The van der Waals surface area contributed by atoms with Gasteiger partial charge in [-0.15, -0.1) is 0 Å². The second-order valence-electron chi connectivity index (χ2n) is 7.57. The maximum atomic E-state index is 13.3. The molecule has 2 aromatic rings. The van der Waals surface area contributed by atoms with Crippen LogP contribution in [0.1, 0.15) is 37.9 Å². The van der Waals surface area contributed by atoms with Crippen molar-refractivity contribution < 1.29 is 18.0 Å². The van der Waals surface area contributed by atoms with Gasteiger partial charge in [-0.1, -0.05) is 37.3 Å². The fraction of sp³-hybridized carbons (Fsp3) is 0.364. The quantitative estimate of drug-likeness (QED) is 0.168. The Balaban J connectivity index is 2.42. The van der Waals surface area contributed by atoms with Gasteiger partial charge in [0.1, 0.15) is 18.0 Å². The van der Waals surface area contributed by atoms with E-state index in [-0.39, 0.29) is 30.4 Å². The summed E-state index contributed by atoms with van der Waals surface area (Å²) in [5.74, 6) is -0.979. The van der Waals surface area contributed by atoms with Crippen molar-refractivity contribution in [1.82, 2.24) is 4.68 Å². The van der Waals surface area contributed by atoms with Gasteiger partial charge in [-0.25, -0.2) is 18.1 Å². The lowest BCUT2D eigenvalue weighted by molar-refractivity contribution is -0.121. The van der Waals surface area contributed by atoms with Crippen molar-refractivity contribution in [3.8, 4) is 0 Å². The number of carbonyl (C=O) groups is 2. The highest BCUT2D eigenvalue weighted by atomic mass is 32.2. The number of aldehydes is 1. The first-order valence-electron chi connectivity index (χ1n) is 10.7. The number of aryl methyl sites for hydroxylation is 1. The maximum Gasteiger partial charge on any atom is 0.293 e. The van der Waals surface area contributed by atoms with E-state index in [0.29, 0.717) is 30.4 Å². The number of rotatable bonds is 12. The Labute approximate surface area is 198 Å². The molecule has 0 saturated carbocycles. The third-order valence-electron chi connectivity index (χ3n) is 4.93. The SMILES string of the molecule is CCc1ccc(NS(=O)(=O)Cc2ccccc2)c(=O)n1N(C(C)=O)[C@H](C=O)CCCN=C(N)N. The Kier molecular flexibility index (Phi) is 9.36. The number of nitrogens with zero attached hydrogens (tertiary/aromatic N) is 3. The molecule has 1 amide bonds. The third-order valence-corrected chi connectivity index (χ3v) is 6.17. The van der Waals surface area contributed by atoms with E-state index in [1.54, 1.807) is 43.3 Å². The first kappa shape index (κ1) is 26.6. The van der Waals surface area contributed by atoms with E-state index in [0.717, 1.165) is 9.69 Å². The molecular formula is C22H30N6O5S. The molecule has 0 aliphatic carbocycles. The van der Waals surface area contributed by atoms with E-state index in [1.165, 1.54) is 13.0 Å². The molecule has 0 aliphatic rings. The van der Waals surface area contributed by atoms with E-state index in [9.17, 15) is 22.8 Å². The van der Waals surface area contributed by atoms with Crippen LogP contribution in [0.2, 0.25) is 0 Å². The van der Waals surface area contributed by atoms with E-state index in [1.807, 2.05) is 0 Å². The van der Waals surface area contributed by atoms with E-state index >= 15 is 0 Å². The van der Waals surface area contributed by atoms with E-state index in [2.05, 4.69) is 9.71 Å². The van der Waals surface area contributed by atoms with Crippen LogP contribution < -0.4 is 26.8 Å². The molecule has 184 valence electrons. The molecule has 1 heterocycles. The zero-order chi connectivity index (χ0) is 25.3. The number of hydrogen-bond donors (Lipinski definition) is 3. The number of pyridine rings is 1. The molecule has 2 rings (SSSR count). The van der Waals surface area contributed by atoms with Gasteiger partial charge in [0, 0.05) is 19.2 Å². The van der Waals surface area contributed by atoms with Crippen LogP contribution >= 0.6 is 0 Å². The van der Waals surface area contributed by atoms with Gasteiger partial charge in [-0.2, -0.15) is 0 Å². The first-order valence-corrected chi connectivity index (χ1v) is 12.3. The Morgan fingerprint density at radius 2 is 1.88 bits per heavy atom. The number of sulfonamides is 1. The average molecular weight is 491 g/mol. The van der Waals surface area contributed by atoms with E-state index < -0.39 is 27.5 Å². The Bertz CT molecular complexity index is 1190. The molecule has 5 N–H and O–H groups in total. The molecule has 1 atom stereocenters. The topological polar surface area (TPSA) is 170 Å². The number of carbonyl (C=O) groups excluding carboxylic acids is 2. The van der Waals surface area contributed by atoms with Crippen LogP contribution in [0.4, 0.5) is 5.69 Å². The Morgan fingerprint density at radius 1 is 1.21 bits per heavy atom. The molecule has 1 aromatic carbocycles. The number of nitrogens with one attached hydrogen (secondary N) is 1. The number of guanidine groups is 1. The summed E-state index contributed by atoms with van der Waals surface area (Å²) in [5.41, 5.74) is 10.6. The number of nitrogens with two attached hydrogens (primary N) is 2. The van der Waals surface area contributed by atoms with Gasteiger partial charge in [-0.3, -0.25) is 19.3 Å². The second-order valence-corrected chi connectivity index (χ2v) is 9.29. The predicted octanol–water partition coefficient (Wildman–Crippen LogP) is 0.458. The lowest BCUT2D eigenvalue weighted by atomic mass is 10.1. The van der Waals surface area contributed by atoms with Crippen LogP contribution in [0, 0.1) is 0 Å². The summed E-state index contributed by atoms with van der Waals surface area (Å²) in [6, 6.07) is 10.4. The monoisotopic (exact) mass is 490 g/mol. The number of aromatic nitrogens is 1. The number of hydrogen-bond acceptors (Lipinski definition) is 6. The van der Waals surface area contributed by atoms with Crippen LogP contribution in [0.3, 0.4) is 0 Å². The molecule has 0 spiro atoms. The molecule has 0 bridgehead atoms. The highest BCUT2D eigenvalue weighted by molar-refractivity contribution is 7.91. The zero-order valence-corrected chi connectivity index (χ0v) is 20.0. The van der Waals surface area contributed by atoms with Gasteiger partial charge in [0.25, 0.3) is 5.56 Å². The van der Waals surface area contributed by atoms with Crippen LogP contribution in [0.25, 0.3) is 0 Å². The lowest BCUT2D eigenvalue weighted by Gasteiger charge is -2.31. The number of anilines is 1. The summed E-state index contributed by atoms with van der Waals surface area (Å²) in [6.45, 7) is 3.25. The molecule has 0 fully saturated rings. The highest BCUT2D eigenvalue weighted by Crippen LogP contribution is 2.14. The normalized spacial score (nSPS) is 11.9. The minimum absolute atomic E-state index is 0.0916. The zero-order valence-electron chi connectivity index (χ0n) is 19.2. The summed E-state index contributed by atoms with van der Waals surface area (Å²) < 4.78 is 28.7. The summed E-state index contributed by atoms with van der Waals surface area (Å²) >= 11 is 0. The van der Waals surface area contributed by atoms with Gasteiger partial charge in [0.2, 0.25) is 15.9 Å². The van der Waals surface area contributed by atoms with Crippen LogP contribution in [0.15, 0.2) is 52.3 Å². The van der Waals surface area contributed by atoms with E-state index in [4.69, 9.17) is 11.5 Å². The van der Waals surface area contributed by atoms with Crippen molar-refractivity contribution in [2.45, 2.75) is 44.9 Å². The molecule has 0 saturated heterocycles. The average Bonchev–Trinajstić information content (AvgIpc) is 2.77. The van der Waals surface area contributed by atoms with Crippen molar-refractivity contribution in [1.29, 1.82) is 0 Å². The smallest absolute Gasteiger partial charge is 0.293 e. The van der Waals surface area contributed by atoms with Gasteiger partial charge in [-0.05, 0) is 37.0 Å². The number of aliphatic imine (C=N–C) groups is 1. The van der Waals surface area contributed by atoms with Crippen molar-refractivity contribution in [2.24, 2.45) is 16.5 Å². The standard InChI is InChI=1S/C22H30N6O5S/c1-3-18-11-12-20(26-34(32,33)15-17-8-5-4-6-9-17)21(31)28(18)27(16(2)30)19(14-29)10-7-13-25-22(23)24/h4-6,8-9,11-12,14,19,26H,3,7,10,13,15H2,1-2H3,(H4,23,24,25)/t19-/m0/s1. The number of amides is 1. The fourth-order valence-electron chi connectivity index (χ4n) is 3.42. The predicted molar refractivity (Wildman–Crippen MR) is 131 cm³/mol. The van der Waals surface area contributed by atoms with Crippen molar-refractivity contribution in [2.75, 3.05) is 16.3 Å². The molecular weight excluding hydrogens is 460 g/mol. The van der Waals surface area contributed by atoms with Crippen molar-refractivity contribution >= 4 is 33.9 Å². The van der Waals surface area contributed by atoms with Crippen molar-refractivity contribution in [3.05, 3.63) is 64.1 Å². The summed E-state index contributed by atoms with van der Waals surface area (Å²) in [6.07, 6.45) is 1.49. The molecule has 1 aromatic heterocycles.